The molecule has 1 heterocycles. The Morgan fingerprint density at radius 3 is 2.89 bits per heavy atom. The van der Waals surface area contributed by atoms with E-state index in [-0.39, 0.29) is 0 Å². The van der Waals surface area contributed by atoms with Crippen LogP contribution in [0.25, 0.3) is 10.6 Å². The maximum absolute atomic E-state index is 11.5. The minimum Gasteiger partial charge on any atom is -0.495 e. The Labute approximate surface area is 120 Å². The second kappa shape index (κ2) is 6.04. The lowest BCUT2D eigenvalue weighted by Gasteiger charge is -2.03. The van der Waals surface area contributed by atoms with Crippen molar-refractivity contribution in [3.63, 3.8) is 0 Å². The molecule has 0 amide bonds. The van der Waals surface area contributed by atoms with Gasteiger partial charge >= 0.3 is 5.97 Å². The van der Waals surface area contributed by atoms with Crippen LogP contribution < -0.4 is 4.74 Å². The molecule has 4 nitrogen and oxygen atoms in total. The van der Waals surface area contributed by atoms with Gasteiger partial charge in [0.1, 0.15) is 10.8 Å². The maximum atomic E-state index is 11.5. The number of carbonyl (C=O) groups excluding carboxylic acids is 1. The minimum absolute atomic E-state index is 0.314. The zero-order chi connectivity index (χ0) is 13.8. The number of nitrogens with zero attached hydrogens (tertiary/aromatic N) is 1. The Kier molecular flexibility index (Phi) is 4.39. The first-order chi connectivity index (χ1) is 9.15. The van der Waals surface area contributed by atoms with Crippen molar-refractivity contribution in [1.29, 1.82) is 0 Å². The van der Waals surface area contributed by atoms with Gasteiger partial charge in [0.05, 0.1) is 18.7 Å². The van der Waals surface area contributed by atoms with Crippen molar-refractivity contribution >= 4 is 28.9 Å². The van der Waals surface area contributed by atoms with Gasteiger partial charge < -0.3 is 9.47 Å². The summed E-state index contributed by atoms with van der Waals surface area (Å²) in [6.07, 6.45) is 0. The summed E-state index contributed by atoms with van der Waals surface area (Å²) < 4.78 is 9.98. The van der Waals surface area contributed by atoms with Gasteiger partial charge in [0.2, 0.25) is 0 Å². The van der Waals surface area contributed by atoms with E-state index in [0.717, 1.165) is 5.56 Å². The third-order valence-electron chi connectivity index (χ3n) is 2.39. The summed E-state index contributed by atoms with van der Waals surface area (Å²) in [6.45, 7) is 2.09. The van der Waals surface area contributed by atoms with E-state index >= 15 is 0 Å². The molecule has 0 aliphatic heterocycles. The van der Waals surface area contributed by atoms with Gasteiger partial charge in [0, 0.05) is 10.9 Å². The number of esters is 1. The quantitative estimate of drug-likeness (QED) is 0.808. The van der Waals surface area contributed by atoms with E-state index in [4.69, 9.17) is 21.1 Å². The summed E-state index contributed by atoms with van der Waals surface area (Å²) in [4.78, 5) is 15.8. The number of rotatable bonds is 4. The Morgan fingerprint density at radius 2 is 2.26 bits per heavy atom. The topological polar surface area (TPSA) is 48.4 Å². The van der Waals surface area contributed by atoms with Crippen LogP contribution in [0, 0.1) is 0 Å². The zero-order valence-corrected chi connectivity index (χ0v) is 12.0. The molecule has 0 fully saturated rings. The van der Waals surface area contributed by atoms with Gasteiger partial charge in [-0.15, -0.1) is 11.3 Å². The van der Waals surface area contributed by atoms with Crippen LogP contribution in [0.4, 0.5) is 0 Å². The summed E-state index contributed by atoms with van der Waals surface area (Å²) in [6, 6.07) is 5.37. The lowest BCUT2D eigenvalue weighted by molar-refractivity contribution is 0.0520. The summed E-state index contributed by atoms with van der Waals surface area (Å²) in [7, 11) is 1.56. The van der Waals surface area contributed by atoms with E-state index in [1.165, 1.54) is 11.3 Å². The van der Waals surface area contributed by atoms with E-state index in [1.807, 2.05) is 6.07 Å². The number of hydrogen-bond acceptors (Lipinski definition) is 5. The van der Waals surface area contributed by atoms with Crippen molar-refractivity contribution in [2.75, 3.05) is 13.7 Å². The van der Waals surface area contributed by atoms with Crippen molar-refractivity contribution in [3.05, 3.63) is 34.3 Å². The molecule has 0 unspecified atom stereocenters. The summed E-state index contributed by atoms with van der Waals surface area (Å²) >= 11 is 7.43. The number of thiazole rings is 1. The highest BCUT2D eigenvalue weighted by molar-refractivity contribution is 7.13. The maximum Gasteiger partial charge on any atom is 0.357 e. The predicted molar refractivity (Wildman–Crippen MR) is 75.1 cm³/mol. The molecule has 0 saturated carbocycles. The number of aromatic nitrogens is 1. The first-order valence-electron chi connectivity index (χ1n) is 5.62. The highest BCUT2D eigenvalue weighted by atomic mass is 35.5. The number of ether oxygens (including phenoxy) is 2. The molecule has 1 aromatic heterocycles. The standard InChI is InChI=1S/C13H12ClNO3S/c1-3-18-13(16)10-7-19-12(15-10)8-4-5-11(17-2)9(14)6-8/h4-7H,3H2,1-2H3. The Hall–Kier alpha value is -1.59. The molecule has 0 radical (unpaired) electrons. The van der Waals surface area contributed by atoms with Crippen molar-refractivity contribution in [1.82, 2.24) is 4.98 Å². The molecule has 0 saturated heterocycles. The third kappa shape index (κ3) is 3.05. The SMILES string of the molecule is CCOC(=O)c1csc(-c2ccc(OC)c(Cl)c2)n1. The third-order valence-corrected chi connectivity index (χ3v) is 3.57. The number of halogens is 1. The minimum atomic E-state index is -0.412. The second-order valence-electron chi connectivity index (χ2n) is 3.61. The molecule has 2 aromatic rings. The fraction of sp³-hybridized carbons (Fsp3) is 0.231. The van der Waals surface area contributed by atoms with Gasteiger partial charge in [-0.1, -0.05) is 11.6 Å². The first kappa shape index (κ1) is 13.8. The monoisotopic (exact) mass is 297 g/mol. The van der Waals surface area contributed by atoms with Gasteiger partial charge in [-0.05, 0) is 25.1 Å². The van der Waals surface area contributed by atoms with Crippen LogP contribution in [-0.4, -0.2) is 24.7 Å². The van der Waals surface area contributed by atoms with E-state index < -0.39 is 5.97 Å². The Morgan fingerprint density at radius 1 is 1.47 bits per heavy atom. The van der Waals surface area contributed by atoms with Crippen molar-refractivity contribution in [2.24, 2.45) is 0 Å². The van der Waals surface area contributed by atoms with Gasteiger partial charge in [0.15, 0.2) is 5.69 Å². The van der Waals surface area contributed by atoms with Crippen LogP contribution in [0.15, 0.2) is 23.6 Å². The molecule has 0 atom stereocenters. The molecule has 19 heavy (non-hydrogen) atoms. The molecule has 0 spiro atoms. The largest absolute Gasteiger partial charge is 0.495 e. The Balaban J connectivity index is 2.27. The smallest absolute Gasteiger partial charge is 0.357 e. The van der Waals surface area contributed by atoms with Gasteiger partial charge in [0.25, 0.3) is 0 Å². The van der Waals surface area contributed by atoms with E-state index in [1.54, 1.807) is 31.5 Å². The van der Waals surface area contributed by atoms with Crippen LogP contribution in [-0.2, 0) is 4.74 Å². The van der Waals surface area contributed by atoms with E-state index in [2.05, 4.69) is 4.98 Å². The molecule has 0 bridgehead atoms. The van der Waals surface area contributed by atoms with Gasteiger partial charge in [-0.25, -0.2) is 9.78 Å². The average molecular weight is 298 g/mol. The Bertz CT molecular complexity index is 597. The lowest BCUT2D eigenvalue weighted by Crippen LogP contribution is -2.04. The summed E-state index contributed by atoms with van der Waals surface area (Å²) in [5, 5.41) is 2.89. The molecule has 2 rings (SSSR count). The first-order valence-corrected chi connectivity index (χ1v) is 6.88. The highest BCUT2D eigenvalue weighted by Crippen LogP contribution is 2.31. The number of carbonyl (C=O) groups is 1. The zero-order valence-electron chi connectivity index (χ0n) is 10.5. The predicted octanol–water partition coefficient (Wildman–Crippen LogP) is 3.65. The normalized spacial score (nSPS) is 10.3. The second-order valence-corrected chi connectivity index (χ2v) is 4.87. The number of methoxy groups -OCH3 is 1. The van der Waals surface area contributed by atoms with Crippen molar-refractivity contribution in [2.45, 2.75) is 6.92 Å². The molecule has 6 heteroatoms. The molecule has 0 aliphatic carbocycles. The van der Waals surface area contributed by atoms with E-state index in [0.29, 0.717) is 28.1 Å². The van der Waals surface area contributed by atoms with Crippen LogP contribution in [0.3, 0.4) is 0 Å². The number of benzene rings is 1. The molecular formula is C13H12ClNO3S. The molecule has 0 N–H and O–H groups in total. The molecule has 100 valence electrons. The average Bonchev–Trinajstić information content (AvgIpc) is 2.88. The van der Waals surface area contributed by atoms with Crippen LogP contribution >= 0.6 is 22.9 Å². The van der Waals surface area contributed by atoms with Crippen molar-refractivity contribution in [3.8, 4) is 16.3 Å². The molecular weight excluding hydrogens is 286 g/mol. The van der Waals surface area contributed by atoms with Gasteiger partial charge in [-0.2, -0.15) is 0 Å². The van der Waals surface area contributed by atoms with Crippen LogP contribution in [0.5, 0.6) is 5.75 Å². The summed E-state index contributed by atoms with van der Waals surface area (Å²) in [5.41, 5.74) is 1.15. The number of hydrogen-bond donors (Lipinski definition) is 0. The summed E-state index contributed by atoms with van der Waals surface area (Å²) in [5.74, 6) is 0.192. The fourth-order valence-corrected chi connectivity index (χ4v) is 2.55. The lowest BCUT2D eigenvalue weighted by atomic mass is 10.2. The van der Waals surface area contributed by atoms with Gasteiger partial charge in [-0.3, -0.25) is 0 Å². The van der Waals surface area contributed by atoms with Crippen LogP contribution in [0.1, 0.15) is 17.4 Å². The van der Waals surface area contributed by atoms with Crippen LogP contribution in [0.2, 0.25) is 5.02 Å². The fourth-order valence-electron chi connectivity index (χ4n) is 1.50. The molecule has 1 aromatic carbocycles. The highest BCUT2D eigenvalue weighted by Gasteiger charge is 2.13. The molecule has 0 aliphatic rings. The van der Waals surface area contributed by atoms with E-state index in [9.17, 15) is 4.79 Å². The van der Waals surface area contributed by atoms with Crippen molar-refractivity contribution < 1.29 is 14.3 Å².